The Morgan fingerprint density at radius 2 is 1.27 bits per heavy atom. The van der Waals surface area contributed by atoms with Gasteiger partial charge < -0.3 is 14.2 Å². The van der Waals surface area contributed by atoms with Crippen molar-refractivity contribution in [3.05, 3.63) is 0 Å². The molecule has 0 aromatic carbocycles. The van der Waals surface area contributed by atoms with E-state index in [1.807, 2.05) is 0 Å². The predicted octanol–water partition coefficient (Wildman–Crippen LogP) is 2.14. The van der Waals surface area contributed by atoms with Gasteiger partial charge in [0.1, 0.15) is 0 Å². The van der Waals surface area contributed by atoms with Crippen LogP contribution in [-0.2, 0) is 14.2 Å². The Morgan fingerprint density at radius 1 is 0.933 bits per heavy atom. The second-order valence-electron chi connectivity index (χ2n) is 5.94. The first-order chi connectivity index (χ1) is 6.86. The van der Waals surface area contributed by atoms with Gasteiger partial charge in [-0.15, -0.1) is 0 Å². The summed E-state index contributed by atoms with van der Waals surface area (Å²) in [5.74, 6) is 0. The smallest absolute Gasteiger partial charge is 0.0837 e. The van der Waals surface area contributed by atoms with Crippen molar-refractivity contribution in [1.82, 2.24) is 0 Å². The summed E-state index contributed by atoms with van der Waals surface area (Å²) in [6.45, 7) is 10.4. The quantitative estimate of drug-likeness (QED) is 0.635. The van der Waals surface area contributed by atoms with Crippen molar-refractivity contribution < 1.29 is 14.2 Å². The van der Waals surface area contributed by atoms with Crippen LogP contribution in [0.1, 0.15) is 40.5 Å². The number of epoxide rings is 2. The lowest BCUT2D eigenvalue weighted by molar-refractivity contribution is -0.132. The predicted molar refractivity (Wildman–Crippen MR) is 58.0 cm³/mol. The molecule has 3 heteroatoms. The minimum absolute atomic E-state index is 0.0977. The van der Waals surface area contributed by atoms with Gasteiger partial charge in [0.25, 0.3) is 0 Å². The van der Waals surface area contributed by atoms with E-state index in [0.29, 0.717) is 12.2 Å². The van der Waals surface area contributed by atoms with Crippen molar-refractivity contribution in [1.29, 1.82) is 0 Å². The molecule has 2 saturated heterocycles. The Balaban J connectivity index is 1.80. The molecule has 15 heavy (non-hydrogen) atoms. The molecule has 0 bridgehead atoms. The molecule has 0 saturated carbocycles. The summed E-state index contributed by atoms with van der Waals surface area (Å²) in [4.78, 5) is 0. The first-order valence-electron chi connectivity index (χ1n) is 5.80. The highest BCUT2D eigenvalue weighted by molar-refractivity contribution is 4.87. The fourth-order valence-electron chi connectivity index (χ4n) is 2.30. The third-order valence-electron chi connectivity index (χ3n) is 2.80. The van der Waals surface area contributed by atoms with Crippen LogP contribution in [-0.4, -0.2) is 36.6 Å². The van der Waals surface area contributed by atoms with Crippen LogP contribution < -0.4 is 0 Å². The van der Waals surface area contributed by atoms with Crippen molar-refractivity contribution >= 4 is 0 Å². The molecular weight excluding hydrogens is 192 g/mol. The van der Waals surface area contributed by atoms with Gasteiger partial charge in [0.15, 0.2) is 0 Å². The zero-order valence-corrected chi connectivity index (χ0v) is 10.2. The maximum atomic E-state index is 6.17. The molecule has 0 N–H and O–H groups in total. The molecule has 2 aliphatic rings. The minimum Gasteiger partial charge on any atom is -0.373 e. The third kappa shape index (κ3) is 4.09. The van der Waals surface area contributed by atoms with E-state index >= 15 is 0 Å². The van der Waals surface area contributed by atoms with Gasteiger partial charge in [0.05, 0.1) is 36.6 Å². The van der Waals surface area contributed by atoms with E-state index in [1.165, 1.54) is 0 Å². The number of hydrogen-bond donors (Lipinski definition) is 0. The summed E-state index contributed by atoms with van der Waals surface area (Å²) < 4.78 is 16.7. The second-order valence-corrected chi connectivity index (χ2v) is 5.94. The van der Waals surface area contributed by atoms with Crippen LogP contribution >= 0.6 is 0 Å². The lowest BCUT2D eigenvalue weighted by Crippen LogP contribution is -2.38. The average Bonchev–Trinajstić information content (AvgIpc) is 2.80. The van der Waals surface area contributed by atoms with Gasteiger partial charge in [-0.2, -0.15) is 0 Å². The van der Waals surface area contributed by atoms with Crippen molar-refractivity contribution in [2.75, 3.05) is 13.2 Å². The van der Waals surface area contributed by atoms with Crippen molar-refractivity contribution in [2.24, 2.45) is 0 Å². The molecule has 0 radical (unpaired) electrons. The first kappa shape index (κ1) is 11.4. The Bertz CT molecular complexity index is 203. The molecular formula is C12H22O3. The highest BCUT2D eigenvalue weighted by Gasteiger charge is 2.38. The van der Waals surface area contributed by atoms with Crippen molar-refractivity contribution in [3.63, 3.8) is 0 Å². The zero-order valence-electron chi connectivity index (χ0n) is 10.2. The van der Waals surface area contributed by atoms with E-state index in [9.17, 15) is 0 Å². The van der Waals surface area contributed by atoms with Gasteiger partial charge >= 0.3 is 0 Å². The average molecular weight is 214 g/mol. The van der Waals surface area contributed by atoms with E-state index in [4.69, 9.17) is 14.2 Å². The summed E-state index contributed by atoms with van der Waals surface area (Å²) >= 11 is 0. The number of hydrogen-bond acceptors (Lipinski definition) is 3. The molecule has 0 spiro atoms. The van der Waals surface area contributed by atoms with Gasteiger partial charge in [-0.25, -0.2) is 0 Å². The van der Waals surface area contributed by atoms with E-state index in [0.717, 1.165) is 26.1 Å². The Labute approximate surface area is 92.1 Å². The van der Waals surface area contributed by atoms with Crippen LogP contribution in [0.15, 0.2) is 0 Å². The summed E-state index contributed by atoms with van der Waals surface area (Å²) in [5, 5.41) is 0. The van der Waals surface area contributed by atoms with Gasteiger partial charge in [0.2, 0.25) is 0 Å². The molecule has 2 aliphatic heterocycles. The van der Waals surface area contributed by atoms with Crippen LogP contribution in [0.4, 0.5) is 0 Å². The molecule has 2 atom stereocenters. The maximum Gasteiger partial charge on any atom is 0.0837 e. The zero-order chi connectivity index (χ0) is 11.1. The fraction of sp³-hybridized carbons (Fsp3) is 1.00. The van der Waals surface area contributed by atoms with E-state index < -0.39 is 0 Å². The van der Waals surface area contributed by atoms with E-state index in [2.05, 4.69) is 27.7 Å². The Kier molecular flexibility index (Phi) is 2.82. The van der Waals surface area contributed by atoms with Crippen LogP contribution in [0.25, 0.3) is 0 Å². The summed E-state index contributed by atoms with van der Waals surface area (Å²) in [5.41, 5.74) is -0.195. The number of rotatable bonds is 6. The highest BCUT2D eigenvalue weighted by atomic mass is 16.6. The Morgan fingerprint density at radius 3 is 1.53 bits per heavy atom. The van der Waals surface area contributed by atoms with Crippen LogP contribution in [0.3, 0.4) is 0 Å². The van der Waals surface area contributed by atoms with Gasteiger partial charge in [0, 0.05) is 12.8 Å². The van der Waals surface area contributed by atoms with E-state index in [-0.39, 0.29) is 11.2 Å². The second kappa shape index (κ2) is 3.72. The fourth-order valence-corrected chi connectivity index (χ4v) is 2.30. The summed E-state index contributed by atoms with van der Waals surface area (Å²) in [6, 6.07) is 0. The molecule has 2 heterocycles. The Hall–Kier alpha value is -0.120. The van der Waals surface area contributed by atoms with Crippen LogP contribution in [0, 0.1) is 0 Å². The SMILES string of the molecule is CC(C)(C[C@@H]1CO1)OC(C)(C)C[C@@H]1CO1. The summed E-state index contributed by atoms with van der Waals surface area (Å²) in [6.07, 6.45) is 2.82. The summed E-state index contributed by atoms with van der Waals surface area (Å²) in [7, 11) is 0. The lowest BCUT2D eigenvalue weighted by atomic mass is 9.97. The van der Waals surface area contributed by atoms with Crippen LogP contribution in [0.2, 0.25) is 0 Å². The molecule has 88 valence electrons. The normalized spacial score (nSPS) is 30.4. The van der Waals surface area contributed by atoms with Gasteiger partial charge in [-0.3, -0.25) is 0 Å². The molecule has 0 aliphatic carbocycles. The lowest BCUT2D eigenvalue weighted by Gasteiger charge is -2.35. The topological polar surface area (TPSA) is 34.3 Å². The molecule has 0 amide bonds. The maximum absolute atomic E-state index is 6.17. The largest absolute Gasteiger partial charge is 0.373 e. The monoisotopic (exact) mass is 214 g/mol. The molecule has 0 aromatic heterocycles. The first-order valence-corrected chi connectivity index (χ1v) is 5.80. The standard InChI is InChI=1S/C12H22O3/c1-11(2,5-9-7-13-9)15-12(3,4)6-10-8-14-10/h9-10H,5-8H2,1-4H3/t9-,10-/m1/s1. The third-order valence-corrected chi connectivity index (χ3v) is 2.80. The molecule has 3 nitrogen and oxygen atoms in total. The van der Waals surface area contributed by atoms with Gasteiger partial charge in [-0.1, -0.05) is 0 Å². The molecule has 0 unspecified atom stereocenters. The number of ether oxygens (including phenoxy) is 3. The van der Waals surface area contributed by atoms with E-state index in [1.54, 1.807) is 0 Å². The van der Waals surface area contributed by atoms with Crippen molar-refractivity contribution in [3.8, 4) is 0 Å². The molecule has 0 aromatic rings. The molecule has 2 fully saturated rings. The van der Waals surface area contributed by atoms with Crippen LogP contribution in [0.5, 0.6) is 0 Å². The minimum atomic E-state index is -0.0977. The molecule has 2 rings (SSSR count). The van der Waals surface area contributed by atoms with Crippen molar-refractivity contribution in [2.45, 2.75) is 63.9 Å². The van der Waals surface area contributed by atoms with Gasteiger partial charge in [-0.05, 0) is 27.7 Å². The highest BCUT2D eigenvalue weighted by Crippen LogP contribution is 2.33.